The van der Waals surface area contributed by atoms with Crippen LogP contribution in [0.25, 0.3) is 0 Å². The Kier molecular flexibility index (Phi) is 5.38. The number of aryl methyl sites for hydroxylation is 1. The molecule has 1 fully saturated rings. The molecule has 2 rings (SSSR count). The maximum atomic E-state index is 11.6. The van der Waals surface area contributed by atoms with Crippen LogP contribution in [0, 0.1) is 0 Å². The number of hydrogen-bond donors (Lipinski definition) is 0. The summed E-state index contributed by atoms with van der Waals surface area (Å²) in [5.74, 6) is 0. The van der Waals surface area contributed by atoms with Gasteiger partial charge in [0.2, 0.25) is 0 Å². The largest absolute Gasteiger partial charge is 0.319 e. The van der Waals surface area contributed by atoms with Crippen molar-refractivity contribution in [1.29, 1.82) is 0 Å². The van der Waals surface area contributed by atoms with Crippen molar-refractivity contribution in [3.05, 3.63) is 34.2 Å². The topological polar surface area (TPSA) is 28.5 Å². The maximum absolute atomic E-state index is 11.6. The van der Waals surface area contributed by atoms with Crippen LogP contribution in [-0.2, 0) is 13.6 Å². The van der Waals surface area contributed by atoms with Crippen LogP contribution in [0.2, 0.25) is 0 Å². The zero-order valence-electron chi connectivity index (χ0n) is 13.0. The van der Waals surface area contributed by atoms with Crippen molar-refractivity contribution in [3.8, 4) is 0 Å². The minimum Gasteiger partial charge on any atom is -0.319 e. The molecule has 0 spiro atoms. The van der Waals surface area contributed by atoms with E-state index in [1.807, 2.05) is 12.3 Å². The molecule has 112 valence electrons. The highest BCUT2D eigenvalue weighted by molar-refractivity contribution is 5.10. The van der Waals surface area contributed by atoms with E-state index in [2.05, 4.69) is 23.6 Å². The van der Waals surface area contributed by atoms with E-state index in [9.17, 15) is 4.79 Å². The molecular weight excluding hydrogens is 250 g/mol. The lowest BCUT2D eigenvalue weighted by Gasteiger charge is -2.38. The van der Waals surface area contributed by atoms with Crippen molar-refractivity contribution in [2.24, 2.45) is 7.05 Å². The number of hydrogen-bond acceptors (Lipinski definition) is 3. The van der Waals surface area contributed by atoms with Gasteiger partial charge in [-0.15, -0.1) is 0 Å². The fourth-order valence-corrected chi connectivity index (χ4v) is 2.91. The Morgan fingerprint density at radius 3 is 2.55 bits per heavy atom. The number of pyridine rings is 1. The molecule has 0 N–H and O–H groups in total. The van der Waals surface area contributed by atoms with E-state index in [-0.39, 0.29) is 5.56 Å². The average Bonchev–Trinajstić information content (AvgIpc) is 2.44. The average molecular weight is 277 g/mol. The second kappa shape index (κ2) is 7.04. The van der Waals surface area contributed by atoms with Crippen LogP contribution in [0.5, 0.6) is 0 Å². The summed E-state index contributed by atoms with van der Waals surface area (Å²) in [5, 5.41) is 0. The number of rotatable bonds is 5. The molecule has 0 amide bonds. The third-order valence-corrected chi connectivity index (χ3v) is 4.31. The van der Waals surface area contributed by atoms with Crippen molar-refractivity contribution < 1.29 is 0 Å². The van der Waals surface area contributed by atoms with E-state index in [1.54, 1.807) is 17.7 Å². The summed E-state index contributed by atoms with van der Waals surface area (Å²) in [6.45, 7) is 9.97. The Morgan fingerprint density at radius 1 is 1.25 bits per heavy atom. The monoisotopic (exact) mass is 277 g/mol. The highest BCUT2D eigenvalue weighted by Gasteiger charge is 2.20. The zero-order valence-corrected chi connectivity index (χ0v) is 13.0. The molecular formula is C16H27N3O. The van der Waals surface area contributed by atoms with Crippen LogP contribution in [0.1, 0.15) is 32.3 Å². The second-order valence-corrected chi connectivity index (χ2v) is 5.93. The second-order valence-electron chi connectivity index (χ2n) is 5.93. The molecule has 4 nitrogen and oxygen atoms in total. The first-order chi connectivity index (χ1) is 9.60. The van der Waals surface area contributed by atoms with Crippen LogP contribution in [0.4, 0.5) is 0 Å². The van der Waals surface area contributed by atoms with Gasteiger partial charge >= 0.3 is 0 Å². The number of aromatic nitrogens is 1. The summed E-state index contributed by atoms with van der Waals surface area (Å²) in [4.78, 5) is 16.7. The molecule has 0 saturated carbocycles. The van der Waals surface area contributed by atoms with Crippen LogP contribution in [0.15, 0.2) is 23.1 Å². The summed E-state index contributed by atoms with van der Waals surface area (Å²) >= 11 is 0. The molecule has 0 bridgehead atoms. The summed E-state index contributed by atoms with van der Waals surface area (Å²) in [6, 6.07) is 4.51. The molecule has 1 saturated heterocycles. The molecule has 1 aromatic rings. The molecule has 2 heterocycles. The summed E-state index contributed by atoms with van der Waals surface area (Å²) in [6.07, 6.45) is 4.40. The highest BCUT2D eigenvalue weighted by atomic mass is 16.1. The van der Waals surface area contributed by atoms with Gasteiger partial charge in [0.1, 0.15) is 0 Å². The lowest BCUT2D eigenvalue weighted by Crippen LogP contribution is -2.49. The van der Waals surface area contributed by atoms with Gasteiger partial charge in [-0.05, 0) is 25.0 Å². The van der Waals surface area contributed by atoms with Gasteiger partial charge in [0.15, 0.2) is 0 Å². The van der Waals surface area contributed by atoms with Crippen molar-refractivity contribution in [2.75, 3.05) is 26.2 Å². The van der Waals surface area contributed by atoms with E-state index in [1.165, 1.54) is 12.8 Å². The third kappa shape index (κ3) is 3.93. The van der Waals surface area contributed by atoms with E-state index in [0.29, 0.717) is 6.04 Å². The molecule has 1 aliphatic rings. The molecule has 0 aromatic carbocycles. The molecule has 0 radical (unpaired) electrons. The minimum atomic E-state index is 0.0812. The fourth-order valence-electron chi connectivity index (χ4n) is 2.91. The van der Waals surface area contributed by atoms with E-state index in [0.717, 1.165) is 38.3 Å². The van der Waals surface area contributed by atoms with E-state index >= 15 is 0 Å². The molecule has 4 heteroatoms. The van der Waals surface area contributed by atoms with Crippen molar-refractivity contribution in [2.45, 2.75) is 39.3 Å². The Hall–Kier alpha value is -1.13. The molecule has 0 aliphatic carbocycles. The van der Waals surface area contributed by atoms with Gasteiger partial charge in [-0.25, -0.2) is 0 Å². The van der Waals surface area contributed by atoms with Crippen molar-refractivity contribution in [3.63, 3.8) is 0 Å². The van der Waals surface area contributed by atoms with E-state index < -0.39 is 0 Å². The van der Waals surface area contributed by atoms with Crippen molar-refractivity contribution in [1.82, 2.24) is 14.4 Å². The Morgan fingerprint density at radius 2 is 1.95 bits per heavy atom. The van der Waals surface area contributed by atoms with Gasteiger partial charge in [-0.3, -0.25) is 14.6 Å². The molecule has 1 aromatic heterocycles. The van der Waals surface area contributed by atoms with Crippen LogP contribution >= 0.6 is 0 Å². The quantitative estimate of drug-likeness (QED) is 0.820. The molecule has 1 unspecified atom stereocenters. The summed E-state index contributed by atoms with van der Waals surface area (Å²) < 4.78 is 1.62. The Labute approximate surface area is 122 Å². The predicted octanol–water partition coefficient (Wildman–Crippen LogP) is 1.69. The predicted molar refractivity (Wildman–Crippen MR) is 82.9 cm³/mol. The lowest BCUT2D eigenvalue weighted by atomic mass is 10.1. The normalized spacial score (nSPS) is 19.1. The lowest BCUT2D eigenvalue weighted by molar-refractivity contribution is 0.0942. The SMILES string of the molecule is CCCC(C)N1CCN(Cc2ccn(C)c(=O)c2)CC1. The van der Waals surface area contributed by atoms with Gasteiger partial charge in [0.25, 0.3) is 5.56 Å². The summed E-state index contributed by atoms with van der Waals surface area (Å²) in [5.41, 5.74) is 1.21. The first-order valence-corrected chi connectivity index (χ1v) is 7.72. The van der Waals surface area contributed by atoms with Crippen LogP contribution in [0.3, 0.4) is 0 Å². The third-order valence-electron chi connectivity index (χ3n) is 4.31. The molecule has 1 atom stereocenters. The van der Waals surface area contributed by atoms with Gasteiger partial charge in [0, 0.05) is 58.1 Å². The van der Waals surface area contributed by atoms with Crippen molar-refractivity contribution >= 4 is 0 Å². The van der Waals surface area contributed by atoms with Crippen LogP contribution in [-0.4, -0.2) is 46.6 Å². The number of nitrogens with zero attached hydrogens (tertiary/aromatic N) is 3. The highest BCUT2D eigenvalue weighted by Crippen LogP contribution is 2.12. The first-order valence-electron chi connectivity index (χ1n) is 7.72. The van der Waals surface area contributed by atoms with Gasteiger partial charge in [-0.1, -0.05) is 13.3 Å². The fraction of sp³-hybridized carbons (Fsp3) is 0.688. The maximum Gasteiger partial charge on any atom is 0.250 e. The van der Waals surface area contributed by atoms with Gasteiger partial charge in [0.05, 0.1) is 0 Å². The van der Waals surface area contributed by atoms with Crippen LogP contribution < -0.4 is 5.56 Å². The van der Waals surface area contributed by atoms with E-state index in [4.69, 9.17) is 0 Å². The standard InChI is InChI=1S/C16H27N3O/c1-4-5-14(2)19-10-8-18(9-11-19)13-15-6-7-17(3)16(20)12-15/h6-7,12,14H,4-5,8-11,13H2,1-3H3. The first kappa shape index (κ1) is 15.3. The zero-order chi connectivity index (χ0) is 14.5. The Bertz CT molecular complexity index is 475. The number of piperazine rings is 1. The smallest absolute Gasteiger partial charge is 0.250 e. The van der Waals surface area contributed by atoms with Gasteiger partial charge < -0.3 is 4.57 Å². The molecule has 1 aliphatic heterocycles. The Balaban J connectivity index is 1.85. The summed E-state index contributed by atoms with van der Waals surface area (Å²) in [7, 11) is 1.79. The molecule has 20 heavy (non-hydrogen) atoms. The van der Waals surface area contributed by atoms with Gasteiger partial charge in [-0.2, -0.15) is 0 Å². The minimum absolute atomic E-state index is 0.0812.